The van der Waals surface area contributed by atoms with Crippen LogP contribution in [0, 0.1) is 0 Å². The van der Waals surface area contributed by atoms with Crippen LogP contribution in [-0.4, -0.2) is 54.9 Å². The number of nitrogens with one attached hydrogen (secondary N) is 2. The van der Waals surface area contributed by atoms with Crippen LogP contribution in [0.15, 0.2) is 67.0 Å². The minimum atomic E-state index is -0.418. The van der Waals surface area contributed by atoms with Gasteiger partial charge in [0.15, 0.2) is 5.11 Å². The Morgan fingerprint density at radius 3 is 2.70 bits per heavy atom. The number of nitrogens with two attached hydrogens (primary N) is 1. The molecule has 3 heterocycles. The lowest BCUT2D eigenvalue weighted by Gasteiger charge is -2.23. The van der Waals surface area contributed by atoms with E-state index in [4.69, 9.17) is 18.0 Å². The maximum atomic E-state index is 13.4. The summed E-state index contributed by atoms with van der Waals surface area (Å²) in [7, 11) is 0. The number of rotatable bonds is 8. The summed E-state index contributed by atoms with van der Waals surface area (Å²) in [6.07, 6.45) is 4.97. The number of para-hydroxylation sites is 1. The number of H-pyrrole nitrogens is 2. The van der Waals surface area contributed by atoms with E-state index in [-0.39, 0.29) is 5.91 Å². The fourth-order valence-electron chi connectivity index (χ4n) is 4.39. The molecule has 2 aromatic heterocycles. The van der Waals surface area contributed by atoms with Crippen molar-refractivity contribution in [3.05, 3.63) is 78.4 Å². The molecule has 33 heavy (non-hydrogen) atoms. The molecule has 0 saturated carbocycles. The van der Waals surface area contributed by atoms with Crippen LogP contribution in [0.1, 0.15) is 17.8 Å². The molecule has 0 radical (unpaired) electrons. The topological polar surface area (TPSA) is 94.0 Å². The lowest BCUT2D eigenvalue weighted by molar-refractivity contribution is -0.128. The molecule has 4 N–H and O–H groups in total. The zero-order valence-electron chi connectivity index (χ0n) is 18.2. The smallest absolute Gasteiger partial charge is 0.251 e. The molecule has 1 saturated heterocycles. The van der Waals surface area contributed by atoms with Gasteiger partial charge in [0.1, 0.15) is 11.9 Å². The van der Waals surface area contributed by atoms with Crippen molar-refractivity contribution in [3.63, 3.8) is 0 Å². The summed E-state index contributed by atoms with van der Waals surface area (Å²) >= 11 is 5.77. The zero-order valence-corrected chi connectivity index (χ0v) is 19.0. The Kier molecular flexibility index (Phi) is 5.93. The third-order valence-corrected chi connectivity index (χ3v) is 6.56. The van der Waals surface area contributed by atoms with Gasteiger partial charge in [0, 0.05) is 36.6 Å². The summed E-state index contributed by atoms with van der Waals surface area (Å²) in [4.78, 5) is 28.4. The molecule has 0 bridgehead atoms. The van der Waals surface area contributed by atoms with Gasteiger partial charge in [-0.3, -0.25) is 9.69 Å². The van der Waals surface area contributed by atoms with E-state index in [0.717, 1.165) is 33.5 Å². The fourth-order valence-corrected chi connectivity index (χ4v) is 4.76. The first-order valence-electron chi connectivity index (χ1n) is 11.1. The lowest BCUT2D eigenvalue weighted by atomic mass is 10.1. The third-order valence-electron chi connectivity index (χ3n) is 6.11. The average molecular weight is 459 g/mol. The molecule has 1 atom stereocenters. The van der Waals surface area contributed by atoms with Gasteiger partial charge in [0.05, 0.1) is 11.9 Å². The van der Waals surface area contributed by atoms with E-state index in [9.17, 15) is 4.79 Å². The summed E-state index contributed by atoms with van der Waals surface area (Å²) in [6.45, 7) is 1.59. The highest BCUT2D eigenvalue weighted by Gasteiger charge is 2.42. The van der Waals surface area contributed by atoms with E-state index in [1.807, 2.05) is 65.8 Å². The summed E-state index contributed by atoms with van der Waals surface area (Å²) in [5, 5.41) is 1.69. The highest BCUT2D eigenvalue weighted by molar-refractivity contribution is 7.80. The zero-order chi connectivity index (χ0) is 22.8. The molecular formula is C25H26N6OS. The number of benzene rings is 2. The third kappa shape index (κ3) is 4.15. The fraction of sp³-hybridized carbons (Fsp3) is 0.240. The number of carbonyl (C=O) groups excluding carboxylic acids is 1. The first-order valence-corrected chi connectivity index (χ1v) is 11.5. The average Bonchev–Trinajstić information content (AvgIpc) is 3.53. The first-order chi connectivity index (χ1) is 16.2. The second-order valence-electron chi connectivity index (χ2n) is 8.23. The Morgan fingerprint density at radius 1 is 1.09 bits per heavy atom. The highest BCUT2D eigenvalue weighted by atomic mass is 32.1. The van der Waals surface area contributed by atoms with Gasteiger partial charge in [-0.2, -0.15) is 0 Å². The quantitative estimate of drug-likeness (QED) is 0.352. The van der Waals surface area contributed by atoms with Gasteiger partial charge in [-0.1, -0.05) is 48.5 Å². The van der Waals surface area contributed by atoms with Crippen LogP contribution in [-0.2, 0) is 17.8 Å². The number of hydrogen-bond donors (Lipinski definition) is 3. The maximum Gasteiger partial charge on any atom is 0.251 e. The van der Waals surface area contributed by atoms with Crippen LogP contribution < -0.4 is 5.73 Å². The van der Waals surface area contributed by atoms with Crippen LogP contribution in [0.25, 0.3) is 22.2 Å². The molecule has 0 spiro atoms. The van der Waals surface area contributed by atoms with E-state index >= 15 is 0 Å². The Morgan fingerprint density at radius 2 is 1.88 bits per heavy atom. The van der Waals surface area contributed by atoms with Crippen LogP contribution in [0.3, 0.4) is 0 Å². The van der Waals surface area contributed by atoms with Gasteiger partial charge < -0.3 is 20.6 Å². The van der Waals surface area contributed by atoms with Crippen LogP contribution in [0.2, 0.25) is 0 Å². The maximum absolute atomic E-state index is 13.4. The standard InChI is InChI=1S/C25H26N6OS/c26-11-6-12-30-24(32)22(13-23-28-15-21(29-23)17-7-2-1-3-8-17)31(25(30)33)16-18-14-27-20-10-5-4-9-19(18)20/h1-5,7-10,14-15,22,27H,6,11-13,16,26H2,(H,28,29). The second-order valence-corrected chi connectivity index (χ2v) is 8.60. The van der Waals surface area contributed by atoms with Crippen LogP contribution in [0.4, 0.5) is 0 Å². The number of aromatic nitrogens is 3. The van der Waals surface area contributed by atoms with Crippen molar-refractivity contribution in [1.82, 2.24) is 24.8 Å². The van der Waals surface area contributed by atoms with Gasteiger partial charge in [0.2, 0.25) is 0 Å². The SMILES string of the molecule is NCCCN1C(=O)C(Cc2ncc(-c3ccccc3)[nH]2)N(Cc2c[nH]c3ccccc23)C1=S. The molecule has 0 aliphatic carbocycles. The van der Waals surface area contributed by atoms with Crippen molar-refractivity contribution < 1.29 is 4.79 Å². The number of nitrogens with zero attached hydrogens (tertiary/aromatic N) is 3. The minimum absolute atomic E-state index is 0.00551. The highest BCUT2D eigenvalue weighted by Crippen LogP contribution is 2.27. The number of thiocarbonyl (C=S) groups is 1. The van der Waals surface area contributed by atoms with Crippen molar-refractivity contribution in [2.75, 3.05) is 13.1 Å². The van der Waals surface area contributed by atoms with E-state index in [2.05, 4.69) is 21.0 Å². The number of aromatic amines is 2. The van der Waals surface area contributed by atoms with Gasteiger partial charge in [-0.25, -0.2) is 4.98 Å². The molecule has 8 heteroatoms. The van der Waals surface area contributed by atoms with Crippen molar-refractivity contribution in [2.45, 2.75) is 25.4 Å². The van der Waals surface area contributed by atoms with Crippen LogP contribution >= 0.6 is 12.2 Å². The molecule has 1 aliphatic heterocycles. The number of carbonyl (C=O) groups is 1. The number of imidazole rings is 1. The molecule has 1 aliphatic rings. The lowest BCUT2D eigenvalue weighted by Crippen LogP contribution is -2.36. The van der Waals surface area contributed by atoms with Crippen molar-refractivity contribution in [3.8, 4) is 11.3 Å². The van der Waals surface area contributed by atoms with Crippen LogP contribution in [0.5, 0.6) is 0 Å². The molecule has 1 amide bonds. The molecular weight excluding hydrogens is 432 g/mol. The summed E-state index contributed by atoms with van der Waals surface area (Å²) in [6, 6.07) is 17.8. The van der Waals surface area contributed by atoms with Crippen molar-refractivity contribution in [1.29, 1.82) is 0 Å². The molecule has 1 fully saturated rings. The Balaban J connectivity index is 1.43. The van der Waals surface area contributed by atoms with Crippen molar-refractivity contribution >= 4 is 34.1 Å². The first kappa shape index (κ1) is 21.4. The van der Waals surface area contributed by atoms with Gasteiger partial charge >= 0.3 is 0 Å². The Bertz CT molecular complexity index is 1280. The second kappa shape index (κ2) is 9.17. The molecule has 168 valence electrons. The van der Waals surface area contributed by atoms with Gasteiger partial charge in [-0.15, -0.1) is 0 Å². The Labute approximate surface area is 197 Å². The monoisotopic (exact) mass is 458 g/mol. The van der Waals surface area contributed by atoms with E-state index in [1.165, 1.54) is 0 Å². The number of fused-ring (bicyclic) bond motifs is 1. The van der Waals surface area contributed by atoms with E-state index in [1.54, 1.807) is 4.90 Å². The normalized spacial score (nSPS) is 16.3. The summed E-state index contributed by atoms with van der Waals surface area (Å²) in [5.41, 5.74) is 9.87. The van der Waals surface area contributed by atoms with Gasteiger partial charge in [0.25, 0.3) is 5.91 Å². The largest absolute Gasteiger partial charge is 0.361 e. The summed E-state index contributed by atoms with van der Waals surface area (Å²) < 4.78 is 0. The predicted molar refractivity (Wildman–Crippen MR) is 133 cm³/mol. The minimum Gasteiger partial charge on any atom is -0.361 e. The van der Waals surface area contributed by atoms with Crippen molar-refractivity contribution in [2.24, 2.45) is 5.73 Å². The number of hydrogen-bond acceptors (Lipinski definition) is 4. The van der Waals surface area contributed by atoms with E-state index in [0.29, 0.717) is 37.6 Å². The molecule has 7 nitrogen and oxygen atoms in total. The van der Waals surface area contributed by atoms with Gasteiger partial charge in [-0.05, 0) is 42.4 Å². The molecule has 2 aromatic carbocycles. The molecule has 1 unspecified atom stereocenters. The predicted octanol–water partition coefficient (Wildman–Crippen LogP) is 3.45. The molecule has 4 aromatic rings. The number of amides is 1. The molecule has 5 rings (SSSR count). The van der Waals surface area contributed by atoms with E-state index < -0.39 is 6.04 Å². The summed E-state index contributed by atoms with van der Waals surface area (Å²) in [5.74, 6) is 0.769. The Hall–Kier alpha value is -3.49.